The van der Waals surface area contributed by atoms with Crippen LogP contribution in [0.15, 0.2) is 81.9 Å². The summed E-state index contributed by atoms with van der Waals surface area (Å²) in [6.07, 6.45) is -4.52. The molecule has 0 radical (unpaired) electrons. The molecule has 192 valence electrons. The van der Waals surface area contributed by atoms with Crippen molar-refractivity contribution < 1.29 is 26.7 Å². The van der Waals surface area contributed by atoms with Crippen molar-refractivity contribution in [3.8, 4) is 5.88 Å². The van der Waals surface area contributed by atoms with Crippen molar-refractivity contribution in [3.05, 3.63) is 82.9 Å². The number of alkyl halides is 3. The fraction of sp³-hybridized carbons (Fsp3) is 0.0870. The van der Waals surface area contributed by atoms with Crippen LogP contribution in [0.1, 0.15) is 11.1 Å². The third-order valence-electron chi connectivity index (χ3n) is 5.24. The Labute approximate surface area is 219 Å². The van der Waals surface area contributed by atoms with Crippen LogP contribution in [0.4, 0.5) is 24.5 Å². The van der Waals surface area contributed by atoms with Gasteiger partial charge in [0.15, 0.2) is 5.69 Å². The molecule has 4 rings (SSSR count). The average Bonchev–Trinajstić information content (AvgIpc) is 3.07. The van der Waals surface area contributed by atoms with E-state index in [1.165, 1.54) is 41.0 Å². The van der Waals surface area contributed by atoms with Crippen molar-refractivity contribution in [3.63, 3.8) is 0 Å². The summed E-state index contributed by atoms with van der Waals surface area (Å²) in [5, 5.41) is 27.1. The number of azo groups is 1. The Bertz CT molecular complexity index is 1650. The van der Waals surface area contributed by atoms with Crippen molar-refractivity contribution in [1.82, 2.24) is 4.57 Å². The zero-order chi connectivity index (χ0) is 27.0. The van der Waals surface area contributed by atoms with Crippen LogP contribution in [-0.4, -0.2) is 23.2 Å². The number of nitrogens with one attached hydrogen (secondary N) is 1. The number of anilines is 1. The van der Waals surface area contributed by atoms with Crippen LogP contribution in [0.3, 0.4) is 0 Å². The SMILES string of the molecule is NS(=O)(=O)c1ccccc1NC(=S)N=Nc1c(O)n(Cc2cccc(C(F)(F)F)c2)c2ccc(Cl)cc12. The van der Waals surface area contributed by atoms with E-state index in [1.807, 2.05) is 0 Å². The van der Waals surface area contributed by atoms with Gasteiger partial charge in [-0.15, -0.1) is 10.2 Å². The van der Waals surface area contributed by atoms with E-state index >= 15 is 0 Å². The molecule has 37 heavy (non-hydrogen) atoms. The molecule has 1 heterocycles. The predicted molar refractivity (Wildman–Crippen MR) is 138 cm³/mol. The summed E-state index contributed by atoms with van der Waals surface area (Å²) in [6, 6.07) is 15.1. The second kappa shape index (κ2) is 10.1. The van der Waals surface area contributed by atoms with E-state index in [9.17, 15) is 26.7 Å². The largest absolute Gasteiger partial charge is 0.493 e. The predicted octanol–water partition coefficient (Wildman–Crippen LogP) is 6.20. The summed E-state index contributed by atoms with van der Waals surface area (Å²) in [5.74, 6) is -0.383. The van der Waals surface area contributed by atoms with Crippen LogP contribution >= 0.6 is 23.8 Å². The lowest BCUT2D eigenvalue weighted by Crippen LogP contribution is -2.16. The van der Waals surface area contributed by atoms with Gasteiger partial charge in [-0.1, -0.05) is 35.9 Å². The Hall–Kier alpha value is -3.52. The molecule has 1 aromatic heterocycles. The molecular weight excluding hydrogens is 551 g/mol. The molecule has 4 aromatic rings. The molecule has 3 aromatic carbocycles. The van der Waals surface area contributed by atoms with Gasteiger partial charge in [0.05, 0.1) is 23.3 Å². The molecular formula is C23H17ClF3N5O3S2. The van der Waals surface area contributed by atoms with E-state index < -0.39 is 21.8 Å². The number of rotatable bonds is 5. The number of halogens is 4. The van der Waals surface area contributed by atoms with Crippen molar-refractivity contribution >= 4 is 61.2 Å². The summed E-state index contributed by atoms with van der Waals surface area (Å²) in [6.45, 7) is -0.103. The van der Waals surface area contributed by atoms with Gasteiger partial charge < -0.3 is 15.0 Å². The lowest BCUT2D eigenvalue weighted by molar-refractivity contribution is -0.137. The van der Waals surface area contributed by atoms with Gasteiger partial charge in [0.2, 0.25) is 21.0 Å². The quantitative estimate of drug-likeness (QED) is 0.196. The van der Waals surface area contributed by atoms with Crippen LogP contribution < -0.4 is 10.5 Å². The fourth-order valence-electron chi connectivity index (χ4n) is 3.64. The van der Waals surface area contributed by atoms with Gasteiger partial charge in [-0.3, -0.25) is 0 Å². The van der Waals surface area contributed by atoms with Crippen molar-refractivity contribution in [2.24, 2.45) is 15.4 Å². The number of thiocarbonyl (C=S) groups is 1. The van der Waals surface area contributed by atoms with Crippen LogP contribution in [0, 0.1) is 0 Å². The molecule has 0 saturated heterocycles. The molecule has 0 unspecified atom stereocenters. The maximum absolute atomic E-state index is 13.2. The third-order valence-corrected chi connectivity index (χ3v) is 6.63. The third kappa shape index (κ3) is 5.91. The molecule has 0 atom stereocenters. The average molecular weight is 568 g/mol. The smallest absolute Gasteiger partial charge is 0.416 e. The first-order chi connectivity index (χ1) is 17.3. The number of para-hydroxylation sites is 1. The number of hydrogen-bond acceptors (Lipinski definition) is 5. The summed E-state index contributed by atoms with van der Waals surface area (Å²) in [7, 11) is -4.05. The highest BCUT2D eigenvalue weighted by molar-refractivity contribution is 7.89. The second-order valence-corrected chi connectivity index (χ2v) is 10.1. The summed E-state index contributed by atoms with van der Waals surface area (Å²) >= 11 is 11.3. The maximum atomic E-state index is 13.2. The number of aromatic nitrogens is 1. The number of benzene rings is 3. The number of hydrogen-bond donors (Lipinski definition) is 3. The van der Waals surface area contributed by atoms with Gasteiger partial charge >= 0.3 is 6.18 Å². The first-order valence-electron chi connectivity index (χ1n) is 10.4. The summed E-state index contributed by atoms with van der Waals surface area (Å²) < 4.78 is 64.4. The molecule has 0 fully saturated rings. The topological polar surface area (TPSA) is 122 Å². The maximum Gasteiger partial charge on any atom is 0.416 e. The normalized spacial score (nSPS) is 12.4. The number of aromatic hydroxyl groups is 1. The number of nitrogens with two attached hydrogens (primary N) is 1. The Morgan fingerprint density at radius 3 is 2.54 bits per heavy atom. The fourth-order valence-corrected chi connectivity index (χ4v) is 4.65. The van der Waals surface area contributed by atoms with Gasteiger partial charge in [0.25, 0.3) is 0 Å². The Morgan fingerprint density at radius 2 is 1.84 bits per heavy atom. The molecule has 14 heteroatoms. The molecule has 0 spiro atoms. The van der Waals surface area contributed by atoms with Crippen LogP contribution in [0.2, 0.25) is 5.02 Å². The highest BCUT2D eigenvalue weighted by atomic mass is 35.5. The molecule has 0 amide bonds. The van der Waals surface area contributed by atoms with Crippen LogP contribution in [-0.2, 0) is 22.7 Å². The Morgan fingerprint density at radius 1 is 1.11 bits per heavy atom. The summed E-state index contributed by atoms with van der Waals surface area (Å²) in [4.78, 5) is -0.208. The highest BCUT2D eigenvalue weighted by Gasteiger charge is 2.30. The Kier molecular flexibility index (Phi) is 7.24. The van der Waals surface area contributed by atoms with E-state index in [0.29, 0.717) is 15.9 Å². The van der Waals surface area contributed by atoms with Crippen LogP contribution in [0.25, 0.3) is 10.9 Å². The number of nitrogens with zero attached hydrogens (tertiary/aromatic N) is 3. The number of primary sulfonamides is 1. The van der Waals surface area contributed by atoms with Crippen molar-refractivity contribution in [1.29, 1.82) is 0 Å². The van der Waals surface area contributed by atoms with Crippen LogP contribution in [0.5, 0.6) is 5.88 Å². The van der Waals surface area contributed by atoms with Gasteiger partial charge in [0.1, 0.15) is 4.90 Å². The van der Waals surface area contributed by atoms with Crippen molar-refractivity contribution in [2.75, 3.05) is 5.32 Å². The van der Waals surface area contributed by atoms with Gasteiger partial charge in [-0.05, 0) is 60.2 Å². The lowest BCUT2D eigenvalue weighted by atomic mass is 10.1. The van der Waals surface area contributed by atoms with E-state index in [4.69, 9.17) is 29.0 Å². The molecule has 8 nitrogen and oxygen atoms in total. The first kappa shape index (κ1) is 26.5. The minimum absolute atomic E-state index is 0.0339. The number of fused-ring (bicyclic) bond motifs is 1. The minimum atomic E-state index is -4.52. The minimum Gasteiger partial charge on any atom is -0.493 e. The van der Waals surface area contributed by atoms with E-state index in [-0.39, 0.29) is 39.4 Å². The number of sulfonamides is 1. The summed E-state index contributed by atoms with van der Waals surface area (Å²) in [5.41, 5.74) is -0.0504. The Balaban J connectivity index is 1.69. The first-order valence-corrected chi connectivity index (χ1v) is 12.7. The highest BCUT2D eigenvalue weighted by Crippen LogP contribution is 2.41. The molecule has 0 bridgehead atoms. The van der Waals surface area contributed by atoms with E-state index in [0.717, 1.165) is 12.1 Å². The zero-order valence-corrected chi connectivity index (χ0v) is 21.0. The van der Waals surface area contributed by atoms with Gasteiger partial charge in [0, 0.05) is 10.4 Å². The molecule has 4 N–H and O–H groups in total. The molecule has 0 aliphatic heterocycles. The molecule has 0 aliphatic rings. The van der Waals surface area contributed by atoms with Gasteiger partial charge in [-0.2, -0.15) is 13.2 Å². The standard InChI is InChI=1S/C23H17ClF3N5O3S2/c24-15-8-9-18-16(11-15)20(21(33)32(18)12-13-4-3-5-14(10-13)23(25,26)27)30-31-22(36)29-17-6-1-2-7-19(17)37(28,34)35/h1-11,33H,12H2,(H,29,36)(H2,28,34,35). The van der Waals surface area contributed by atoms with Crippen molar-refractivity contribution in [2.45, 2.75) is 17.6 Å². The molecule has 0 aliphatic carbocycles. The second-order valence-electron chi connectivity index (χ2n) is 7.79. The molecule has 0 saturated carbocycles. The van der Waals surface area contributed by atoms with Gasteiger partial charge in [-0.25, -0.2) is 13.6 Å². The van der Waals surface area contributed by atoms with E-state index in [1.54, 1.807) is 18.2 Å². The zero-order valence-electron chi connectivity index (χ0n) is 18.6. The monoisotopic (exact) mass is 567 g/mol. The lowest BCUT2D eigenvalue weighted by Gasteiger charge is -2.11. The van der Waals surface area contributed by atoms with E-state index in [2.05, 4.69) is 15.5 Å².